The van der Waals surface area contributed by atoms with E-state index in [4.69, 9.17) is 9.84 Å². The Balaban J connectivity index is 2.29. The van der Waals surface area contributed by atoms with E-state index in [0.717, 1.165) is 6.42 Å². The molecule has 1 unspecified atom stereocenters. The highest BCUT2D eigenvalue weighted by atomic mass is 16.5. The van der Waals surface area contributed by atoms with Crippen molar-refractivity contribution in [1.29, 1.82) is 0 Å². The SMILES string of the molecule is BC1=CCC(OCC(=O)O)C=C1. The topological polar surface area (TPSA) is 46.5 Å². The maximum absolute atomic E-state index is 10.1. The van der Waals surface area contributed by atoms with Crippen molar-refractivity contribution < 1.29 is 14.6 Å². The summed E-state index contributed by atoms with van der Waals surface area (Å²) in [6.07, 6.45) is 6.57. The first-order valence-corrected chi connectivity index (χ1v) is 3.87. The normalized spacial score (nSPS) is 22.0. The summed E-state index contributed by atoms with van der Waals surface area (Å²) in [5, 5.41) is 8.33. The lowest BCUT2D eigenvalue weighted by Gasteiger charge is -2.14. The van der Waals surface area contributed by atoms with Crippen molar-refractivity contribution in [3.63, 3.8) is 0 Å². The van der Waals surface area contributed by atoms with E-state index < -0.39 is 5.97 Å². The smallest absolute Gasteiger partial charge is 0.329 e. The maximum Gasteiger partial charge on any atom is 0.329 e. The van der Waals surface area contributed by atoms with Crippen LogP contribution in [0.3, 0.4) is 0 Å². The van der Waals surface area contributed by atoms with Crippen LogP contribution in [0.5, 0.6) is 0 Å². The summed E-state index contributed by atoms with van der Waals surface area (Å²) in [6.45, 7) is -0.220. The average molecular weight is 166 g/mol. The number of ether oxygens (including phenoxy) is 1. The van der Waals surface area contributed by atoms with Crippen molar-refractivity contribution in [3.8, 4) is 0 Å². The molecule has 0 saturated carbocycles. The largest absolute Gasteiger partial charge is 0.480 e. The summed E-state index contributed by atoms with van der Waals surface area (Å²) in [5.74, 6) is -0.922. The third-order valence-corrected chi connectivity index (χ3v) is 1.67. The van der Waals surface area contributed by atoms with Crippen LogP contribution in [0.15, 0.2) is 23.7 Å². The first kappa shape index (κ1) is 9.07. The summed E-state index contributed by atoms with van der Waals surface area (Å²) in [7, 11) is 2.00. The second-order valence-electron chi connectivity index (χ2n) is 2.79. The Kier molecular flexibility index (Phi) is 3.11. The van der Waals surface area contributed by atoms with Gasteiger partial charge >= 0.3 is 5.97 Å². The second-order valence-corrected chi connectivity index (χ2v) is 2.79. The van der Waals surface area contributed by atoms with Gasteiger partial charge in [0.2, 0.25) is 0 Å². The van der Waals surface area contributed by atoms with Crippen LogP contribution in [0.4, 0.5) is 0 Å². The van der Waals surface area contributed by atoms with E-state index in [-0.39, 0.29) is 12.7 Å². The van der Waals surface area contributed by atoms with Gasteiger partial charge in [0.05, 0.1) is 6.10 Å². The number of carboxylic acids is 1. The third-order valence-electron chi connectivity index (χ3n) is 1.67. The molecule has 3 nitrogen and oxygen atoms in total. The van der Waals surface area contributed by atoms with Gasteiger partial charge in [0.15, 0.2) is 0 Å². The quantitative estimate of drug-likeness (QED) is 0.597. The lowest BCUT2D eigenvalue weighted by molar-refractivity contribution is -0.143. The van der Waals surface area contributed by atoms with Gasteiger partial charge in [0.25, 0.3) is 0 Å². The molecule has 0 amide bonds. The number of allylic oxidation sites excluding steroid dienone is 2. The Labute approximate surface area is 72.1 Å². The Hall–Kier alpha value is -1.03. The zero-order valence-electron chi connectivity index (χ0n) is 6.99. The molecule has 0 saturated heterocycles. The molecule has 1 aliphatic rings. The van der Waals surface area contributed by atoms with Crippen molar-refractivity contribution in [2.45, 2.75) is 12.5 Å². The molecule has 0 aromatic rings. The summed E-state index contributed by atoms with van der Waals surface area (Å²) >= 11 is 0. The molecule has 0 radical (unpaired) electrons. The van der Waals surface area contributed by atoms with Gasteiger partial charge in [-0.25, -0.2) is 4.79 Å². The number of hydrogen-bond donors (Lipinski definition) is 1. The minimum Gasteiger partial charge on any atom is -0.480 e. The van der Waals surface area contributed by atoms with Crippen molar-refractivity contribution >= 4 is 13.8 Å². The van der Waals surface area contributed by atoms with Crippen LogP contribution in [0, 0.1) is 0 Å². The number of aliphatic carboxylic acids is 1. The maximum atomic E-state index is 10.1. The van der Waals surface area contributed by atoms with Gasteiger partial charge in [-0.1, -0.05) is 23.7 Å². The highest BCUT2D eigenvalue weighted by Crippen LogP contribution is 2.10. The van der Waals surface area contributed by atoms with Crippen LogP contribution in [-0.4, -0.2) is 31.6 Å². The monoisotopic (exact) mass is 166 g/mol. The van der Waals surface area contributed by atoms with Crippen molar-refractivity contribution in [2.24, 2.45) is 0 Å². The predicted octanol–water partition coefficient (Wildman–Crippen LogP) is -0.0669. The minimum atomic E-state index is -0.922. The number of rotatable bonds is 3. The number of hydrogen-bond acceptors (Lipinski definition) is 2. The van der Waals surface area contributed by atoms with Gasteiger partial charge in [-0.3, -0.25) is 0 Å². The van der Waals surface area contributed by atoms with E-state index in [1.807, 2.05) is 26.1 Å². The fourth-order valence-electron chi connectivity index (χ4n) is 1.01. The summed E-state index contributed by atoms with van der Waals surface area (Å²) in [5.41, 5.74) is 1.20. The molecule has 0 aliphatic heterocycles. The second kappa shape index (κ2) is 4.11. The summed E-state index contributed by atoms with van der Waals surface area (Å²) < 4.78 is 5.06. The molecule has 4 heteroatoms. The van der Waals surface area contributed by atoms with Gasteiger partial charge in [-0.2, -0.15) is 0 Å². The predicted molar refractivity (Wildman–Crippen MR) is 47.8 cm³/mol. The Morgan fingerprint density at radius 2 is 2.58 bits per heavy atom. The van der Waals surface area contributed by atoms with Crippen LogP contribution in [0.2, 0.25) is 0 Å². The molecule has 12 heavy (non-hydrogen) atoms. The lowest BCUT2D eigenvalue weighted by atomic mass is 9.90. The van der Waals surface area contributed by atoms with Crippen LogP contribution in [0.1, 0.15) is 6.42 Å². The number of carboxylic acid groups (broad SMARTS) is 1. The standard InChI is InChI=1S/C8H11BO3/c9-6-1-3-7(4-2-6)12-5-8(10)11/h1-3,7H,4-5,9H2,(H,10,11). The van der Waals surface area contributed by atoms with E-state index in [9.17, 15) is 4.79 Å². The van der Waals surface area contributed by atoms with Crippen molar-refractivity contribution in [2.75, 3.05) is 6.61 Å². The highest BCUT2D eigenvalue weighted by Gasteiger charge is 2.08. The molecule has 0 heterocycles. The zero-order valence-corrected chi connectivity index (χ0v) is 6.99. The fraction of sp³-hybridized carbons (Fsp3) is 0.375. The Morgan fingerprint density at radius 3 is 3.08 bits per heavy atom. The highest BCUT2D eigenvalue weighted by molar-refractivity contribution is 6.23. The molecule has 0 bridgehead atoms. The lowest BCUT2D eigenvalue weighted by Crippen LogP contribution is -2.17. The Morgan fingerprint density at radius 1 is 1.83 bits per heavy atom. The van der Waals surface area contributed by atoms with Gasteiger partial charge in [-0.15, -0.1) is 0 Å². The molecule has 0 fully saturated rings. The van der Waals surface area contributed by atoms with Crippen LogP contribution in [-0.2, 0) is 9.53 Å². The molecular formula is C8H11BO3. The Bertz CT molecular complexity index is 232. The fourth-order valence-corrected chi connectivity index (χ4v) is 1.01. The van der Waals surface area contributed by atoms with Crippen LogP contribution < -0.4 is 0 Å². The molecular weight excluding hydrogens is 155 g/mol. The van der Waals surface area contributed by atoms with Crippen molar-refractivity contribution in [3.05, 3.63) is 23.7 Å². The minimum absolute atomic E-state index is 0.0650. The van der Waals surface area contributed by atoms with E-state index in [2.05, 4.69) is 0 Å². The van der Waals surface area contributed by atoms with E-state index >= 15 is 0 Å². The molecule has 0 aromatic heterocycles. The molecule has 1 atom stereocenters. The molecule has 1 aliphatic carbocycles. The third kappa shape index (κ3) is 2.92. The summed E-state index contributed by atoms with van der Waals surface area (Å²) in [6, 6.07) is 0. The van der Waals surface area contributed by atoms with Crippen LogP contribution >= 0.6 is 0 Å². The number of carbonyl (C=O) groups is 1. The zero-order chi connectivity index (χ0) is 8.97. The molecule has 0 spiro atoms. The molecule has 64 valence electrons. The van der Waals surface area contributed by atoms with Gasteiger partial charge < -0.3 is 9.84 Å². The van der Waals surface area contributed by atoms with E-state index in [1.54, 1.807) is 0 Å². The summed E-state index contributed by atoms with van der Waals surface area (Å²) in [4.78, 5) is 10.1. The molecule has 1 N–H and O–H groups in total. The van der Waals surface area contributed by atoms with E-state index in [0.29, 0.717) is 0 Å². The van der Waals surface area contributed by atoms with E-state index in [1.165, 1.54) is 5.47 Å². The molecule has 1 rings (SSSR count). The average Bonchev–Trinajstić information content (AvgIpc) is 2.03. The van der Waals surface area contributed by atoms with Gasteiger partial charge in [0.1, 0.15) is 14.5 Å². The van der Waals surface area contributed by atoms with Crippen LogP contribution in [0.25, 0.3) is 0 Å². The van der Waals surface area contributed by atoms with Gasteiger partial charge in [-0.05, 0) is 6.42 Å². The first-order chi connectivity index (χ1) is 5.68. The van der Waals surface area contributed by atoms with Crippen molar-refractivity contribution in [1.82, 2.24) is 0 Å². The first-order valence-electron chi connectivity index (χ1n) is 3.87. The van der Waals surface area contributed by atoms with Gasteiger partial charge in [0, 0.05) is 0 Å². The molecule has 0 aromatic carbocycles.